The Morgan fingerprint density at radius 3 is 2.58 bits per heavy atom. The number of nitrogens with zero attached hydrogens (tertiary/aromatic N) is 3. The van der Waals surface area contributed by atoms with Crippen LogP contribution in [0.1, 0.15) is 10.4 Å². The van der Waals surface area contributed by atoms with Crippen molar-refractivity contribution in [2.45, 2.75) is 0 Å². The second-order valence-electron chi connectivity index (χ2n) is 3.88. The van der Waals surface area contributed by atoms with Crippen LogP contribution in [-0.4, -0.2) is 35.3 Å². The first-order valence-corrected chi connectivity index (χ1v) is 5.64. The van der Waals surface area contributed by atoms with Crippen molar-refractivity contribution in [1.29, 1.82) is 0 Å². The lowest BCUT2D eigenvalue weighted by molar-refractivity contribution is -0.0756. The fourth-order valence-electron chi connectivity index (χ4n) is 1.63. The molecule has 0 aliphatic heterocycles. The Balaban J connectivity index is 2.53. The van der Waals surface area contributed by atoms with Crippen molar-refractivity contribution in [3.63, 3.8) is 0 Å². The summed E-state index contributed by atoms with van der Waals surface area (Å²) < 4.78 is 0. The van der Waals surface area contributed by atoms with E-state index >= 15 is 0 Å². The zero-order valence-electron chi connectivity index (χ0n) is 10.7. The number of carbonyl (C=O) groups excluding carboxylic acids is 1. The highest BCUT2D eigenvalue weighted by Gasteiger charge is 2.19. The number of aromatic nitrogens is 2. The number of hydrogen-bond donors (Lipinski definition) is 1. The number of carbonyl (C=O) groups is 1. The van der Waals surface area contributed by atoms with Gasteiger partial charge in [-0.05, 0) is 6.07 Å². The molecule has 6 heteroatoms. The molecule has 0 bridgehead atoms. The molecule has 98 valence electrons. The van der Waals surface area contributed by atoms with Crippen LogP contribution in [0, 0.1) is 0 Å². The third kappa shape index (κ3) is 2.69. The minimum atomic E-state index is -0.331. The van der Waals surface area contributed by atoms with Crippen LogP contribution >= 0.6 is 0 Å². The van der Waals surface area contributed by atoms with Crippen molar-refractivity contribution in [2.75, 3.05) is 19.9 Å². The lowest BCUT2D eigenvalue weighted by Crippen LogP contribution is -2.26. The number of benzene rings is 1. The van der Waals surface area contributed by atoms with Gasteiger partial charge >= 0.3 is 0 Å². The highest BCUT2D eigenvalue weighted by Crippen LogP contribution is 2.22. The topological polar surface area (TPSA) is 81.3 Å². The Hall–Kier alpha value is -2.47. The number of amides is 1. The summed E-state index contributed by atoms with van der Waals surface area (Å²) in [5.74, 6) is -0.143. The predicted molar refractivity (Wildman–Crippen MR) is 71.0 cm³/mol. The second kappa shape index (κ2) is 5.45. The molecule has 0 unspecified atom stereocenters. The zero-order valence-corrected chi connectivity index (χ0v) is 10.7. The third-order valence-corrected chi connectivity index (χ3v) is 2.65. The molecule has 1 aromatic heterocycles. The van der Waals surface area contributed by atoms with Crippen molar-refractivity contribution in [2.24, 2.45) is 0 Å². The Labute approximate surface area is 110 Å². The molecule has 1 amide bonds. The minimum Gasteiger partial charge on any atom is -0.382 e. The molecule has 2 rings (SSSR count). The van der Waals surface area contributed by atoms with Crippen LogP contribution in [0.25, 0.3) is 11.3 Å². The summed E-state index contributed by atoms with van der Waals surface area (Å²) in [6.07, 6.45) is 0. The summed E-state index contributed by atoms with van der Waals surface area (Å²) in [4.78, 5) is 17.1. The Morgan fingerprint density at radius 1 is 1.26 bits per heavy atom. The van der Waals surface area contributed by atoms with Crippen LogP contribution in [0.15, 0.2) is 36.4 Å². The number of hydroxylamine groups is 2. The number of anilines is 1. The highest BCUT2D eigenvalue weighted by molar-refractivity contribution is 5.99. The van der Waals surface area contributed by atoms with E-state index in [9.17, 15) is 4.79 Å². The molecule has 0 saturated heterocycles. The van der Waals surface area contributed by atoms with Crippen LogP contribution in [0.5, 0.6) is 0 Å². The first-order chi connectivity index (χ1) is 9.13. The Kier molecular flexibility index (Phi) is 3.72. The van der Waals surface area contributed by atoms with E-state index in [2.05, 4.69) is 10.2 Å². The summed E-state index contributed by atoms with van der Waals surface area (Å²) in [6.45, 7) is 0. The number of nitrogens with two attached hydrogens (primary N) is 1. The SMILES string of the molecule is CON(C)C(=O)c1cc(N)nnc1-c1ccccc1. The first kappa shape index (κ1) is 13.0. The molecule has 1 aromatic carbocycles. The molecule has 0 aliphatic carbocycles. The molecular weight excluding hydrogens is 244 g/mol. The standard InChI is InChI=1S/C13H14N4O2/c1-17(19-2)13(18)10-8-11(14)15-16-12(10)9-6-4-3-5-7-9/h3-8H,1-2H3,(H2,14,15). The number of rotatable bonds is 3. The van der Waals surface area contributed by atoms with E-state index in [1.165, 1.54) is 20.2 Å². The van der Waals surface area contributed by atoms with Gasteiger partial charge in [0.15, 0.2) is 0 Å². The van der Waals surface area contributed by atoms with E-state index in [1.807, 2.05) is 30.3 Å². The molecule has 2 N–H and O–H groups in total. The summed E-state index contributed by atoms with van der Waals surface area (Å²) in [5, 5.41) is 8.92. The smallest absolute Gasteiger partial charge is 0.279 e. The van der Waals surface area contributed by atoms with Gasteiger partial charge < -0.3 is 5.73 Å². The molecule has 6 nitrogen and oxygen atoms in total. The monoisotopic (exact) mass is 258 g/mol. The van der Waals surface area contributed by atoms with Gasteiger partial charge in [0.25, 0.3) is 5.91 Å². The van der Waals surface area contributed by atoms with Crippen LogP contribution in [-0.2, 0) is 4.84 Å². The minimum absolute atomic E-state index is 0.188. The summed E-state index contributed by atoms with van der Waals surface area (Å²) in [7, 11) is 2.94. The zero-order chi connectivity index (χ0) is 13.8. The average Bonchev–Trinajstić information content (AvgIpc) is 2.46. The molecule has 0 aliphatic rings. The van der Waals surface area contributed by atoms with Gasteiger partial charge in [0, 0.05) is 12.6 Å². The maximum atomic E-state index is 12.2. The van der Waals surface area contributed by atoms with Crippen LogP contribution in [0.4, 0.5) is 5.82 Å². The average molecular weight is 258 g/mol. The molecule has 2 aromatic rings. The summed E-state index contributed by atoms with van der Waals surface area (Å²) in [6, 6.07) is 10.8. The van der Waals surface area contributed by atoms with Gasteiger partial charge in [0.1, 0.15) is 11.5 Å². The van der Waals surface area contributed by atoms with Crippen molar-refractivity contribution < 1.29 is 9.63 Å². The number of hydrogen-bond acceptors (Lipinski definition) is 5. The lowest BCUT2D eigenvalue weighted by Gasteiger charge is -2.15. The van der Waals surface area contributed by atoms with E-state index in [1.54, 1.807) is 0 Å². The van der Waals surface area contributed by atoms with Gasteiger partial charge in [-0.1, -0.05) is 30.3 Å². The van der Waals surface area contributed by atoms with E-state index < -0.39 is 0 Å². The maximum absolute atomic E-state index is 12.2. The lowest BCUT2D eigenvalue weighted by atomic mass is 10.1. The van der Waals surface area contributed by atoms with Crippen molar-refractivity contribution in [1.82, 2.24) is 15.3 Å². The summed E-state index contributed by atoms with van der Waals surface area (Å²) in [5.41, 5.74) is 7.22. The van der Waals surface area contributed by atoms with E-state index in [0.717, 1.165) is 10.6 Å². The predicted octanol–water partition coefficient (Wildman–Crippen LogP) is 1.36. The summed E-state index contributed by atoms with van der Waals surface area (Å²) >= 11 is 0. The molecule has 0 radical (unpaired) electrons. The highest BCUT2D eigenvalue weighted by atomic mass is 16.7. The van der Waals surface area contributed by atoms with Gasteiger partial charge in [-0.25, -0.2) is 5.06 Å². The molecule has 19 heavy (non-hydrogen) atoms. The van der Waals surface area contributed by atoms with Crippen molar-refractivity contribution in [3.05, 3.63) is 42.0 Å². The van der Waals surface area contributed by atoms with E-state index in [4.69, 9.17) is 10.6 Å². The largest absolute Gasteiger partial charge is 0.382 e. The van der Waals surface area contributed by atoms with Gasteiger partial charge in [-0.2, -0.15) is 0 Å². The fourth-order valence-corrected chi connectivity index (χ4v) is 1.63. The normalized spacial score (nSPS) is 10.2. The number of nitrogen functional groups attached to an aromatic ring is 1. The van der Waals surface area contributed by atoms with Crippen LogP contribution in [0.2, 0.25) is 0 Å². The van der Waals surface area contributed by atoms with Crippen LogP contribution < -0.4 is 5.73 Å². The quantitative estimate of drug-likeness (QED) is 0.841. The van der Waals surface area contributed by atoms with Crippen molar-refractivity contribution in [3.8, 4) is 11.3 Å². The van der Waals surface area contributed by atoms with Crippen LogP contribution in [0.3, 0.4) is 0 Å². The van der Waals surface area contributed by atoms with Gasteiger partial charge in [0.2, 0.25) is 0 Å². The molecule has 0 fully saturated rings. The van der Waals surface area contributed by atoms with Gasteiger partial charge in [0.05, 0.1) is 12.7 Å². The molecular formula is C13H14N4O2. The first-order valence-electron chi connectivity index (χ1n) is 5.64. The maximum Gasteiger partial charge on any atom is 0.279 e. The molecule has 0 atom stereocenters. The Morgan fingerprint density at radius 2 is 1.95 bits per heavy atom. The van der Waals surface area contributed by atoms with E-state index in [0.29, 0.717) is 11.3 Å². The molecule has 0 spiro atoms. The molecule has 1 heterocycles. The Bertz CT molecular complexity index is 586. The van der Waals surface area contributed by atoms with E-state index in [-0.39, 0.29) is 11.7 Å². The molecule has 0 saturated carbocycles. The third-order valence-electron chi connectivity index (χ3n) is 2.65. The van der Waals surface area contributed by atoms with Gasteiger partial charge in [-0.3, -0.25) is 9.63 Å². The van der Waals surface area contributed by atoms with Crippen molar-refractivity contribution >= 4 is 11.7 Å². The fraction of sp³-hybridized carbons (Fsp3) is 0.154. The van der Waals surface area contributed by atoms with Gasteiger partial charge in [-0.15, -0.1) is 10.2 Å². The second-order valence-corrected chi connectivity index (χ2v) is 3.88.